The van der Waals surface area contributed by atoms with Crippen LogP contribution in [-0.4, -0.2) is 12.4 Å². The predicted octanol–water partition coefficient (Wildman–Crippen LogP) is 0.464. The first-order valence-electron chi connectivity index (χ1n) is 5.45. The van der Waals surface area contributed by atoms with Gasteiger partial charge in [0.2, 0.25) is 5.69 Å². The largest absolute Gasteiger partial charge is 0.539 e. The third kappa shape index (κ3) is 2.42. The summed E-state index contributed by atoms with van der Waals surface area (Å²) in [6.45, 7) is 0. The number of hydrogen-bond donors (Lipinski definition) is 0. The predicted molar refractivity (Wildman–Crippen MR) is 63.2 cm³/mol. The van der Waals surface area contributed by atoms with E-state index in [9.17, 15) is 5.11 Å². The minimum Gasteiger partial charge on any atom is -0.539 e. The molecular formula is C13H8N4O3. The highest BCUT2D eigenvalue weighted by molar-refractivity contribution is 5.60. The van der Waals surface area contributed by atoms with Crippen LogP contribution in [-0.2, 0) is 0 Å². The van der Waals surface area contributed by atoms with E-state index in [1.807, 2.05) is 0 Å². The smallest absolute Gasteiger partial charge is 0.265 e. The zero-order valence-electron chi connectivity index (χ0n) is 10.4. The quantitative estimate of drug-likeness (QED) is 0.591. The summed E-state index contributed by atoms with van der Waals surface area (Å²) < 4.78 is 10.8. The molecule has 0 aliphatic rings. The maximum absolute atomic E-state index is 11.6. The molecule has 0 unspecified atom stereocenters. The summed E-state index contributed by atoms with van der Waals surface area (Å²) >= 11 is 0. The van der Waals surface area contributed by atoms with Gasteiger partial charge in [-0.15, -0.1) is 0 Å². The lowest BCUT2D eigenvalue weighted by Crippen LogP contribution is -2.35. The van der Waals surface area contributed by atoms with E-state index in [1.165, 1.54) is 11.8 Å². The fourth-order valence-electron chi connectivity index (χ4n) is 1.51. The maximum Gasteiger partial charge on any atom is 0.265 e. The first-order chi connectivity index (χ1) is 9.69. The van der Waals surface area contributed by atoms with Crippen molar-refractivity contribution in [3.8, 4) is 29.5 Å². The van der Waals surface area contributed by atoms with Crippen molar-refractivity contribution >= 4 is 6.08 Å². The van der Waals surface area contributed by atoms with Crippen molar-refractivity contribution in [2.45, 2.75) is 0 Å². The number of hydrogen-bond acceptors (Lipinski definition) is 6. The minimum absolute atomic E-state index is 0.00623. The molecule has 1 heterocycles. The van der Waals surface area contributed by atoms with Gasteiger partial charge in [0.25, 0.3) is 5.69 Å². The third-order valence-corrected chi connectivity index (χ3v) is 2.48. The van der Waals surface area contributed by atoms with Crippen molar-refractivity contribution in [2.75, 3.05) is 7.11 Å². The van der Waals surface area contributed by atoms with E-state index in [0.717, 1.165) is 6.08 Å². The van der Waals surface area contributed by atoms with Gasteiger partial charge in [0, 0.05) is 18.2 Å². The van der Waals surface area contributed by atoms with Gasteiger partial charge in [-0.3, -0.25) is 0 Å². The Bertz CT molecular complexity index is 716. The van der Waals surface area contributed by atoms with Gasteiger partial charge < -0.3 is 14.4 Å². The van der Waals surface area contributed by atoms with Gasteiger partial charge in [-0.05, 0) is 16.8 Å². The van der Waals surface area contributed by atoms with Crippen LogP contribution in [0, 0.1) is 22.7 Å². The van der Waals surface area contributed by atoms with Crippen molar-refractivity contribution in [2.24, 2.45) is 0 Å². The van der Waals surface area contributed by atoms with Crippen molar-refractivity contribution < 1.29 is 19.0 Å². The van der Waals surface area contributed by atoms with E-state index < -0.39 is 5.95 Å². The summed E-state index contributed by atoms with van der Waals surface area (Å²) in [7, 11) is 1.54. The van der Waals surface area contributed by atoms with E-state index in [1.54, 1.807) is 36.4 Å². The molecule has 2 rings (SSSR count). The lowest BCUT2D eigenvalue weighted by Gasteiger charge is -1.97. The SMILES string of the molecule is COc1ccc(-[n+]2noc([O-])c2C=C(C#N)C#N)cc1. The zero-order chi connectivity index (χ0) is 14.5. The van der Waals surface area contributed by atoms with Gasteiger partial charge >= 0.3 is 0 Å². The Morgan fingerprint density at radius 1 is 1.35 bits per heavy atom. The van der Waals surface area contributed by atoms with Crippen LogP contribution in [0.2, 0.25) is 0 Å². The number of methoxy groups -OCH3 is 1. The minimum atomic E-state index is -0.733. The van der Waals surface area contributed by atoms with Crippen LogP contribution in [0.1, 0.15) is 5.69 Å². The molecule has 1 aromatic heterocycles. The Kier molecular flexibility index (Phi) is 3.64. The second kappa shape index (κ2) is 5.55. The molecule has 0 bridgehead atoms. The molecule has 7 nitrogen and oxygen atoms in total. The average molecular weight is 268 g/mol. The van der Waals surface area contributed by atoms with Crippen LogP contribution < -0.4 is 14.5 Å². The molecule has 0 aliphatic heterocycles. The van der Waals surface area contributed by atoms with Crippen LogP contribution >= 0.6 is 0 Å². The molecule has 0 saturated carbocycles. The molecule has 0 aliphatic carbocycles. The molecule has 2 aromatic rings. The number of benzene rings is 1. The van der Waals surface area contributed by atoms with Gasteiger partial charge in [-0.1, -0.05) is 0 Å². The number of ether oxygens (including phenoxy) is 1. The molecular weight excluding hydrogens is 260 g/mol. The van der Waals surface area contributed by atoms with Gasteiger partial charge in [0.1, 0.15) is 23.5 Å². The summed E-state index contributed by atoms with van der Waals surface area (Å²) in [5, 5.41) is 32.6. The van der Waals surface area contributed by atoms with E-state index in [2.05, 4.69) is 9.79 Å². The fourth-order valence-corrected chi connectivity index (χ4v) is 1.51. The molecule has 1 aromatic carbocycles. The number of nitrogens with zero attached hydrogens (tertiary/aromatic N) is 4. The first-order valence-corrected chi connectivity index (χ1v) is 5.45. The summed E-state index contributed by atoms with van der Waals surface area (Å²) in [5.41, 5.74) is 0.318. The Labute approximate surface area is 114 Å². The second-order valence-corrected chi connectivity index (χ2v) is 3.64. The van der Waals surface area contributed by atoms with Gasteiger partial charge in [-0.25, -0.2) is 0 Å². The molecule has 20 heavy (non-hydrogen) atoms. The molecule has 0 saturated heterocycles. The van der Waals surface area contributed by atoms with Crippen molar-refractivity contribution in [1.82, 2.24) is 5.27 Å². The van der Waals surface area contributed by atoms with Crippen molar-refractivity contribution in [3.05, 3.63) is 35.5 Å². The van der Waals surface area contributed by atoms with Crippen LogP contribution in [0.15, 0.2) is 34.4 Å². The molecule has 0 spiro atoms. The van der Waals surface area contributed by atoms with Crippen LogP contribution in [0.25, 0.3) is 11.8 Å². The highest BCUT2D eigenvalue weighted by Gasteiger charge is 2.19. The summed E-state index contributed by atoms with van der Waals surface area (Å²) in [5.74, 6) is -0.0872. The standard InChI is InChI=1S/C13H8N4O3/c1-19-11-4-2-10(3-5-11)17-12(13(18)20-16-17)6-9(7-14)8-15/h2-6H,1H3. The highest BCUT2D eigenvalue weighted by atomic mass is 16.6. The molecule has 0 atom stereocenters. The second-order valence-electron chi connectivity index (χ2n) is 3.64. The molecule has 98 valence electrons. The number of allylic oxidation sites excluding steroid dienone is 1. The van der Waals surface area contributed by atoms with Crippen LogP contribution in [0.4, 0.5) is 0 Å². The van der Waals surface area contributed by atoms with Gasteiger partial charge in [0.15, 0.2) is 5.95 Å². The molecule has 7 heteroatoms. The number of aromatic nitrogens is 2. The summed E-state index contributed by atoms with van der Waals surface area (Å²) in [4.78, 5) is 0. The van der Waals surface area contributed by atoms with E-state index in [0.29, 0.717) is 11.4 Å². The van der Waals surface area contributed by atoms with Gasteiger partial charge in [-0.2, -0.15) is 10.5 Å². The van der Waals surface area contributed by atoms with Gasteiger partial charge in [0.05, 0.1) is 12.4 Å². The molecule has 0 N–H and O–H groups in total. The van der Waals surface area contributed by atoms with Crippen molar-refractivity contribution in [1.29, 1.82) is 10.5 Å². The fraction of sp³-hybridized carbons (Fsp3) is 0.0769. The van der Waals surface area contributed by atoms with E-state index in [-0.39, 0.29) is 11.3 Å². The van der Waals surface area contributed by atoms with E-state index >= 15 is 0 Å². The van der Waals surface area contributed by atoms with E-state index in [4.69, 9.17) is 15.3 Å². The average Bonchev–Trinajstić information content (AvgIpc) is 2.85. The first kappa shape index (κ1) is 13.1. The Morgan fingerprint density at radius 3 is 2.55 bits per heavy atom. The Morgan fingerprint density at radius 2 is 2.00 bits per heavy atom. The molecule has 0 radical (unpaired) electrons. The third-order valence-electron chi connectivity index (χ3n) is 2.48. The Hall–Kier alpha value is -3.32. The van der Waals surface area contributed by atoms with Crippen molar-refractivity contribution in [3.63, 3.8) is 0 Å². The highest BCUT2D eigenvalue weighted by Crippen LogP contribution is 2.16. The van der Waals surface area contributed by atoms with Crippen LogP contribution in [0.5, 0.6) is 11.7 Å². The molecule has 0 amide bonds. The normalized spacial score (nSPS) is 9.35. The summed E-state index contributed by atoms with van der Waals surface area (Å²) in [6.07, 6.45) is 1.13. The Balaban J connectivity index is 2.51. The lowest BCUT2D eigenvalue weighted by atomic mass is 10.2. The number of rotatable bonds is 3. The zero-order valence-corrected chi connectivity index (χ0v) is 10.4. The monoisotopic (exact) mass is 268 g/mol. The maximum atomic E-state index is 11.6. The number of nitriles is 2. The lowest BCUT2D eigenvalue weighted by molar-refractivity contribution is -0.672. The topological polar surface area (TPSA) is 110 Å². The van der Waals surface area contributed by atoms with Crippen LogP contribution in [0.3, 0.4) is 0 Å². The molecule has 0 fully saturated rings. The summed E-state index contributed by atoms with van der Waals surface area (Å²) in [6, 6.07) is 10.0.